The van der Waals surface area contributed by atoms with Gasteiger partial charge in [-0.05, 0) is 32.4 Å². The van der Waals surface area contributed by atoms with Gasteiger partial charge in [-0.15, -0.1) is 39.4 Å². The molecule has 0 aliphatic heterocycles. The number of aromatic nitrogens is 3. The van der Waals surface area contributed by atoms with Crippen LogP contribution in [0.1, 0.15) is 25.7 Å². The summed E-state index contributed by atoms with van der Waals surface area (Å²) in [6.45, 7) is 10.1. The lowest BCUT2D eigenvalue weighted by atomic mass is 10.1. The number of esters is 1. The molecule has 0 fully saturated rings. The molecule has 30 heavy (non-hydrogen) atoms. The van der Waals surface area contributed by atoms with Crippen LogP contribution in [-0.4, -0.2) is 39.5 Å². The van der Waals surface area contributed by atoms with E-state index in [1.165, 1.54) is 35.1 Å². The summed E-state index contributed by atoms with van der Waals surface area (Å²) < 4.78 is 6.79. The monoisotopic (exact) mass is 462 g/mol. The van der Waals surface area contributed by atoms with E-state index in [0.29, 0.717) is 22.3 Å². The van der Waals surface area contributed by atoms with Crippen molar-refractivity contribution in [2.24, 2.45) is 0 Å². The molecule has 0 radical (unpaired) electrons. The molecule has 158 valence electrons. The molecule has 0 aromatic carbocycles. The summed E-state index contributed by atoms with van der Waals surface area (Å²) in [5.41, 5.74) is 2.22. The highest BCUT2D eigenvalue weighted by Gasteiger charge is 2.22. The number of anilines is 1. The predicted octanol–water partition coefficient (Wildman–Crippen LogP) is 4.70. The van der Waals surface area contributed by atoms with Gasteiger partial charge in [-0.25, -0.2) is 4.79 Å². The van der Waals surface area contributed by atoms with Crippen molar-refractivity contribution >= 4 is 51.3 Å². The van der Waals surface area contributed by atoms with Crippen LogP contribution in [-0.2, 0) is 16.1 Å². The molecular formula is C20H22N4O3S3. The van der Waals surface area contributed by atoms with Crippen molar-refractivity contribution in [2.75, 3.05) is 18.2 Å². The summed E-state index contributed by atoms with van der Waals surface area (Å²) in [4.78, 5) is 26.8. The molecule has 10 heteroatoms. The second kappa shape index (κ2) is 9.59. The lowest BCUT2D eigenvalue weighted by Crippen LogP contribution is -2.16. The number of carbonyl (C=O) groups is 2. The maximum Gasteiger partial charge on any atom is 0.341 e. The SMILES string of the molecule is C=CCn1c(SCC(=O)Nc2sc(C)c(C)c2C(=O)OC)nnc1-c1csc(C)c1. The first-order chi connectivity index (χ1) is 14.3. The number of carbonyl (C=O) groups excluding carboxylic acids is 2. The van der Waals surface area contributed by atoms with Crippen molar-refractivity contribution < 1.29 is 14.3 Å². The van der Waals surface area contributed by atoms with Crippen LogP contribution in [0.5, 0.6) is 0 Å². The lowest BCUT2D eigenvalue weighted by Gasteiger charge is -2.08. The first-order valence-corrected chi connectivity index (χ1v) is 11.7. The van der Waals surface area contributed by atoms with Crippen molar-refractivity contribution in [2.45, 2.75) is 32.5 Å². The number of nitrogens with zero attached hydrogens (tertiary/aromatic N) is 3. The smallest absolute Gasteiger partial charge is 0.341 e. The molecule has 7 nitrogen and oxygen atoms in total. The van der Waals surface area contributed by atoms with Crippen LogP contribution < -0.4 is 5.32 Å². The van der Waals surface area contributed by atoms with Gasteiger partial charge in [-0.3, -0.25) is 9.36 Å². The zero-order chi connectivity index (χ0) is 21.8. The number of hydrogen-bond donors (Lipinski definition) is 1. The van der Waals surface area contributed by atoms with Gasteiger partial charge in [-0.1, -0.05) is 17.8 Å². The van der Waals surface area contributed by atoms with Gasteiger partial charge in [0.25, 0.3) is 0 Å². The van der Waals surface area contributed by atoms with Crippen LogP contribution in [0.2, 0.25) is 0 Å². The number of ether oxygens (including phenoxy) is 1. The fourth-order valence-electron chi connectivity index (χ4n) is 2.82. The Morgan fingerprint density at radius 2 is 2.10 bits per heavy atom. The Hall–Kier alpha value is -2.43. The molecule has 1 amide bonds. The van der Waals surface area contributed by atoms with E-state index >= 15 is 0 Å². The van der Waals surface area contributed by atoms with Crippen LogP contribution >= 0.6 is 34.4 Å². The van der Waals surface area contributed by atoms with Gasteiger partial charge in [0, 0.05) is 27.2 Å². The third-order valence-electron chi connectivity index (χ3n) is 4.38. The van der Waals surface area contributed by atoms with Gasteiger partial charge in [0.05, 0.1) is 18.4 Å². The third kappa shape index (κ3) is 4.66. The van der Waals surface area contributed by atoms with Crippen LogP contribution in [0.4, 0.5) is 5.00 Å². The molecule has 1 N–H and O–H groups in total. The van der Waals surface area contributed by atoms with Crippen molar-refractivity contribution in [3.05, 3.63) is 45.0 Å². The maximum atomic E-state index is 12.6. The molecule has 0 saturated carbocycles. The average Bonchev–Trinajstić information content (AvgIpc) is 3.38. The zero-order valence-electron chi connectivity index (χ0n) is 17.1. The van der Waals surface area contributed by atoms with E-state index in [1.807, 2.05) is 30.7 Å². The number of nitrogens with one attached hydrogen (secondary N) is 1. The Morgan fingerprint density at radius 1 is 1.33 bits per heavy atom. The first kappa shape index (κ1) is 22.3. The highest BCUT2D eigenvalue weighted by molar-refractivity contribution is 7.99. The van der Waals surface area contributed by atoms with Crippen molar-refractivity contribution in [3.63, 3.8) is 0 Å². The molecule has 0 unspecified atom stereocenters. The summed E-state index contributed by atoms with van der Waals surface area (Å²) in [6, 6.07) is 2.06. The summed E-state index contributed by atoms with van der Waals surface area (Å²) in [6.07, 6.45) is 1.77. The molecule has 3 aromatic heterocycles. The minimum Gasteiger partial charge on any atom is -0.465 e. The van der Waals surface area contributed by atoms with Crippen LogP contribution in [0.3, 0.4) is 0 Å². The third-order valence-corrected chi connectivity index (χ3v) is 7.33. The first-order valence-electron chi connectivity index (χ1n) is 9.06. The van der Waals surface area contributed by atoms with E-state index < -0.39 is 5.97 Å². The minimum atomic E-state index is -0.457. The van der Waals surface area contributed by atoms with Gasteiger partial charge >= 0.3 is 5.97 Å². The number of thioether (sulfide) groups is 1. The second-order valence-electron chi connectivity index (χ2n) is 6.47. The molecular weight excluding hydrogens is 440 g/mol. The maximum absolute atomic E-state index is 12.6. The molecule has 0 aliphatic carbocycles. The van der Waals surface area contributed by atoms with Crippen molar-refractivity contribution in [3.8, 4) is 11.4 Å². The Morgan fingerprint density at radius 3 is 2.73 bits per heavy atom. The largest absolute Gasteiger partial charge is 0.465 e. The van der Waals surface area contributed by atoms with E-state index in [-0.39, 0.29) is 11.7 Å². The quantitative estimate of drug-likeness (QED) is 0.297. The molecule has 0 atom stereocenters. The molecule has 3 rings (SSSR count). The predicted molar refractivity (Wildman–Crippen MR) is 123 cm³/mol. The normalized spacial score (nSPS) is 10.8. The van der Waals surface area contributed by atoms with E-state index in [4.69, 9.17) is 4.74 Å². The Bertz CT molecular complexity index is 1100. The van der Waals surface area contributed by atoms with Crippen LogP contribution in [0.25, 0.3) is 11.4 Å². The van der Waals surface area contributed by atoms with E-state index in [0.717, 1.165) is 21.8 Å². The van der Waals surface area contributed by atoms with E-state index in [1.54, 1.807) is 17.4 Å². The van der Waals surface area contributed by atoms with Gasteiger partial charge in [-0.2, -0.15) is 0 Å². The summed E-state index contributed by atoms with van der Waals surface area (Å²) >= 11 is 4.30. The highest BCUT2D eigenvalue weighted by atomic mass is 32.2. The molecule has 0 spiro atoms. The number of methoxy groups -OCH3 is 1. The number of thiophene rings is 2. The number of amides is 1. The van der Waals surface area contributed by atoms with Crippen molar-refractivity contribution in [1.82, 2.24) is 14.8 Å². The van der Waals surface area contributed by atoms with Crippen molar-refractivity contribution in [1.29, 1.82) is 0 Å². The number of aryl methyl sites for hydroxylation is 2. The molecule has 3 heterocycles. The van der Waals surface area contributed by atoms with Crippen LogP contribution in [0, 0.1) is 20.8 Å². The fraction of sp³-hybridized carbons (Fsp3) is 0.300. The topological polar surface area (TPSA) is 86.1 Å². The summed E-state index contributed by atoms with van der Waals surface area (Å²) in [5.74, 6) is 0.197. The minimum absolute atomic E-state index is 0.133. The number of allylic oxidation sites excluding steroid dienone is 1. The van der Waals surface area contributed by atoms with Gasteiger partial charge < -0.3 is 10.1 Å². The number of rotatable bonds is 8. The lowest BCUT2D eigenvalue weighted by molar-refractivity contribution is -0.113. The Balaban J connectivity index is 1.74. The second-order valence-corrected chi connectivity index (χ2v) is 9.75. The molecule has 0 aliphatic rings. The zero-order valence-corrected chi connectivity index (χ0v) is 19.6. The standard InChI is InChI=1S/C20H22N4O3S3/c1-6-7-24-17(14-8-11(2)28-9-14)22-23-20(24)29-10-15(25)21-18-16(19(26)27-5)12(3)13(4)30-18/h6,8-9H,1,7,10H2,2-5H3,(H,21,25). The van der Waals surface area contributed by atoms with Gasteiger partial charge in [0.2, 0.25) is 5.91 Å². The summed E-state index contributed by atoms with van der Waals surface area (Å²) in [7, 11) is 1.33. The van der Waals surface area contributed by atoms with E-state index in [2.05, 4.69) is 28.2 Å². The average molecular weight is 463 g/mol. The molecule has 3 aromatic rings. The molecule has 0 bridgehead atoms. The Labute approximate surface area is 187 Å². The highest BCUT2D eigenvalue weighted by Crippen LogP contribution is 2.33. The van der Waals surface area contributed by atoms with Crippen LogP contribution in [0.15, 0.2) is 29.3 Å². The number of hydrogen-bond acceptors (Lipinski definition) is 8. The molecule has 0 saturated heterocycles. The Kier molecular flexibility index (Phi) is 7.11. The van der Waals surface area contributed by atoms with Gasteiger partial charge in [0.15, 0.2) is 11.0 Å². The fourth-order valence-corrected chi connectivity index (χ4v) is 5.31. The van der Waals surface area contributed by atoms with E-state index in [9.17, 15) is 9.59 Å². The van der Waals surface area contributed by atoms with Gasteiger partial charge in [0.1, 0.15) is 5.00 Å². The summed E-state index contributed by atoms with van der Waals surface area (Å²) in [5, 5.41) is 14.6.